The topological polar surface area (TPSA) is 12.9 Å². The van der Waals surface area contributed by atoms with E-state index >= 15 is 0 Å². The van der Waals surface area contributed by atoms with Crippen molar-refractivity contribution in [3.05, 3.63) is 163 Å². The summed E-state index contributed by atoms with van der Waals surface area (Å²) in [5, 5.41) is 7.80. The van der Waals surface area contributed by atoms with E-state index in [1.807, 2.05) is 12.1 Å². The zero-order valence-electron chi connectivity index (χ0n) is 24.0. The van der Waals surface area contributed by atoms with Crippen LogP contribution in [0.4, 0.5) is 0 Å². The maximum atomic E-state index is 5.08. The summed E-state index contributed by atoms with van der Waals surface area (Å²) < 4.78 is 0. The molecule has 0 aliphatic rings. The molecule has 0 saturated carbocycles. The van der Waals surface area contributed by atoms with E-state index in [4.69, 9.17) is 4.98 Å². The number of aryl methyl sites for hydroxylation is 1. The van der Waals surface area contributed by atoms with E-state index in [0.29, 0.717) is 0 Å². The number of hydrogen-bond acceptors (Lipinski definition) is 1. The van der Waals surface area contributed by atoms with Crippen molar-refractivity contribution < 1.29 is 0 Å². The van der Waals surface area contributed by atoms with Gasteiger partial charge in [-0.1, -0.05) is 139 Å². The second kappa shape index (κ2) is 10.4. The van der Waals surface area contributed by atoms with Gasteiger partial charge in [-0.3, -0.25) is 0 Å². The number of hydrogen-bond donors (Lipinski definition) is 0. The quantitative estimate of drug-likeness (QED) is 0.200. The Morgan fingerprint density at radius 2 is 0.767 bits per heavy atom. The Balaban J connectivity index is 1.30. The van der Waals surface area contributed by atoms with Crippen LogP contribution in [0, 0.1) is 6.92 Å². The van der Waals surface area contributed by atoms with Gasteiger partial charge in [0.2, 0.25) is 0 Å². The molecule has 0 radical (unpaired) electrons. The van der Waals surface area contributed by atoms with Gasteiger partial charge >= 0.3 is 0 Å². The number of aromatic nitrogens is 1. The van der Waals surface area contributed by atoms with Gasteiger partial charge in [0.05, 0.1) is 11.4 Å². The molecule has 0 unspecified atom stereocenters. The molecule has 1 heterocycles. The Labute approximate surface area is 251 Å². The Morgan fingerprint density at radius 3 is 1.40 bits per heavy atom. The molecule has 0 aliphatic heterocycles. The molecule has 0 amide bonds. The molecule has 0 N–H and O–H groups in total. The number of fused-ring (bicyclic) bond motifs is 6. The molecule has 0 fully saturated rings. The van der Waals surface area contributed by atoms with Crippen molar-refractivity contribution in [2.45, 2.75) is 6.92 Å². The first kappa shape index (κ1) is 25.2. The predicted molar refractivity (Wildman–Crippen MR) is 183 cm³/mol. The summed E-state index contributed by atoms with van der Waals surface area (Å²) in [7, 11) is 0. The number of pyridine rings is 1. The second-order valence-electron chi connectivity index (χ2n) is 11.3. The maximum absolute atomic E-state index is 5.08. The Kier molecular flexibility index (Phi) is 6.09. The molecular weight excluding hydrogens is 518 g/mol. The molecule has 0 atom stereocenters. The lowest BCUT2D eigenvalue weighted by Crippen LogP contribution is -1.91. The van der Waals surface area contributed by atoms with E-state index in [9.17, 15) is 0 Å². The van der Waals surface area contributed by atoms with Gasteiger partial charge in [0.25, 0.3) is 0 Å². The lowest BCUT2D eigenvalue weighted by molar-refractivity contribution is 1.32. The van der Waals surface area contributed by atoms with E-state index in [2.05, 4.69) is 153 Å². The first-order chi connectivity index (χ1) is 21.2. The second-order valence-corrected chi connectivity index (χ2v) is 11.3. The molecule has 7 aromatic carbocycles. The van der Waals surface area contributed by atoms with Crippen LogP contribution in [-0.4, -0.2) is 4.98 Å². The first-order valence-electron chi connectivity index (χ1n) is 14.8. The molecule has 43 heavy (non-hydrogen) atoms. The molecule has 1 nitrogen and oxygen atoms in total. The van der Waals surface area contributed by atoms with Crippen molar-refractivity contribution >= 4 is 32.3 Å². The Hall–Kier alpha value is -5.53. The zero-order valence-corrected chi connectivity index (χ0v) is 24.0. The van der Waals surface area contributed by atoms with Crippen molar-refractivity contribution in [1.82, 2.24) is 4.98 Å². The fourth-order valence-corrected chi connectivity index (χ4v) is 6.34. The third-order valence-electron chi connectivity index (χ3n) is 8.49. The molecule has 1 aromatic heterocycles. The summed E-state index contributed by atoms with van der Waals surface area (Å²) >= 11 is 0. The van der Waals surface area contributed by atoms with Gasteiger partial charge in [-0.15, -0.1) is 0 Å². The van der Waals surface area contributed by atoms with Gasteiger partial charge in [-0.2, -0.15) is 0 Å². The standard InChI is InChI=1S/C42H29N/c1-28-19-21-37-35-17-8-9-18-36(35)38-22-20-33(25-40(38)39(37)23-28)31-15-10-16-32(24-31)34-26-41(29-11-4-2-5-12-29)43-42(27-34)30-13-6-3-7-14-30/h2-27H,1H3. The van der Waals surface area contributed by atoms with Crippen LogP contribution in [0.5, 0.6) is 0 Å². The minimum atomic E-state index is 0.974. The van der Waals surface area contributed by atoms with Gasteiger partial charge in [-0.05, 0) is 85.8 Å². The van der Waals surface area contributed by atoms with Gasteiger partial charge < -0.3 is 0 Å². The smallest absolute Gasteiger partial charge is 0.0715 e. The van der Waals surface area contributed by atoms with Gasteiger partial charge in [0.1, 0.15) is 0 Å². The molecule has 0 aliphatic carbocycles. The van der Waals surface area contributed by atoms with Crippen LogP contribution < -0.4 is 0 Å². The van der Waals surface area contributed by atoms with Crippen LogP contribution in [-0.2, 0) is 0 Å². The highest BCUT2D eigenvalue weighted by Crippen LogP contribution is 2.38. The van der Waals surface area contributed by atoms with Crippen molar-refractivity contribution in [2.75, 3.05) is 0 Å². The molecule has 0 spiro atoms. The van der Waals surface area contributed by atoms with E-state index in [1.165, 1.54) is 54.6 Å². The monoisotopic (exact) mass is 547 g/mol. The van der Waals surface area contributed by atoms with Gasteiger partial charge in [0.15, 0.2) is 0 Å². The van der Waals surface area contributed by atoms with E-state index in [-0.39, 0.29) is 0 Å². The number of nitrogens with zero attached hydrogens (tertiary/aromatic N) is 1. The molecule has 1 heteroatoms. The maximum Gasteiger partial charge on any atom is 0.0715 e. The molecule has 0 saturated heterocycles. The van der Waals surface area contributed by atoms with E-state index in [1.54, 1.807) is 0 Å². The zero-order chi connectivity index (χ0) is 28.8. The summed E-state index contributed by atoms with van der Waals surface area (Å²) in [5.74, 6) is 0. The van der Waals surface area contributed by atoms with Crippen LogP contribution in [0.15, 0.2) is 158 Å². The normalized spacial score (nSPS) is 11.4. The minimum Gasteiger partial charge on any atom is -0.248 e. The van der Waals surface area contributed by atoms with Crippen LogP contribution in [0.3, 0.4) is 0 Å². The van der Waals surface area contributed by atoms with Crippen LogP contribution in [0.2, 0.25) is 0 Å². The molecule has 202 valence electrons. The summed E-state index contributed by atoms with van der Waals surface area (Å²) in [4.78, 5) is 5.08. The summed E-state index contributed by atoms with van der Waals surface area (Å²) in [5.41, 5.74) is 10.2. The highest BCUT2D eigenvalue weighted by molar-refractivity contribution is 6.25. The lowest BCUT2D eigenvalue weighted by Gasteiger charge is -2.14. The fraction of sp³-hybridized carbons (Fsp3) is 0.0238. The van der Waals surface area contributed by atoms with Gasteiger partial charge in [0, 0.05) is 11.1 Å². The van der Waals surface area contributed by atoms with Crippen LogP contribution in [0.25, 0.3) is 77.1 Å². The molecule has 8 aromatic rings. The van der Waals surface area contributed by atoms with Crippen LogP contribution >= 0.6 is 0 Å². The van der Waals surface area contributed by atoms with E-state index in [0.717, 1.165) is 28.1 Å². The SMILES string of the molecule is Cc1ccc2c3ccccc3c3ccc(-c4cccc(-c5cc(-c6ccccc6)nc(-c6ccccc6)c5)c4)cc3c2c1. The fourth-order valence-electron chi connectivity index (χ4n) is 6.34. The lowest BCUT2D eigenvalue weighted by atomic mass is 9.90. The number of rotatable bonds is 4. The average molecular weight is 548 g/mol. The largest absolute Gasteiger partial charge is 0.248 e. The Morgan fingerprint density at radius 1 is 0.302 bits per heavy atom. The highest BCUT2D eigenvalue weighted by atomic mass is 14.7. The third kappa shape index (κ3) is 4.56. The third-order valence-corrected chi connectivity index (χ3v) is 8.49. The summed E-state index contributed by atoms with van der Waals surface area (Å²) in [6, 6.07) is 56.7. The van der Waals surface area contributed by atoms with Crippen molar-refractivity contribution in [3.63, 3.8) is 0 Å². The first-order valence-corrected chi connectivity index (χ1v) is 14.8. The number of benzene rings is 7. The van der Waals surface area contributed by atoms with Crippen molar-refractivity contribution in [2.24, 2.45) is 0 Å². The van der Waals surface area contributed by atoms with Crippen molar-refractivity contribution in [1.29, 1.82) is 0 Å². The molecular formula is C42H29N. The van der Waals surface area contributed by atoms with E-state index < -0.39 is 0 Å². The predicted octanol–water partition coefficient (Wildman–Crippen LogP) is 11.5. The van der Waals surface area contributed by atoms with Crippen LogP contribution in [0.1, 0.15) is 5.56 Å². The minimum absolute atomic E-state index is 0.974. The molecule has 8 rings (SSSR count). The van der Waals surface area contributed by atoms with Crippen molar-refractivity contribution in [3.8, 4) is 44.8 Å². The highest BCUT2D eigenvalue weighted by Gasteiger charge is 2.12. The molecule has 0 bridgehead atoms. The average Bonchev–Trinajstić information content (AvgIpc) is 3.09. The Bertz CT molecular complexity index is 2220. The summed E-state index contributed by atoms with van der Waals surface area (Å²) in [6.07, 6.45) is 0. The van der Waals surface area contributed by atoms with Gasteiger partial charge in [-0.25, -0.2) is 4.98 Å². The summed E-state index contributed by atoms with van der Waals surface area (Å²) in [6.45, 7) is 2.18.